The Hall–Kier alpha value is -1.99. The second kappa shape index (κ2) is 10.7. The van der Waals surface area contributed by atoms with Crippen LogP contribution in [-0.2, 0) is 0 Å². The Morgan fingerprint density at radius 1 is 0.897 bits per heavy atom. The van der Waals surface area contributed by atoms with Crippen molar-refractivity contribution in [1.82, 2.24) is 9.80 Å². The lowest BCUT2D eigenvalue weighted by molar-refractivity contribution is 0.0297. The van der Waals surface area contributed by atoms with Crippen molar-refractivity contribution in [3.63, 3.8) is 0 Å². The number of piperazine rings is 1. The number of aliphatic hydroxyl groups excluding tert-OH is 2. The average Bonchev–Trinajstić information content (AvgIpc) is 2.75. The predicted molar refractivity (Wildman–Crippen MR) is 112 cm³/mol. The molecule has 1 aliphatic heterocycles. The molecule has 3 atom stereocenters. The van der Waals surface area contributed by atoms with Gasteiger partial charge in [0.05, 0.1) is 6.10 Å². The Labute approximate surface area is 172 Å². The van der Waals surface area contributed by atoms with Crippen LogP contribution in [0, 0.1) is 5.82 Å². The number of hydrogen-bond donors (Lipinski definition) is 2. The number of β-amino-alcohol motifs (C(OH)–C–C–N with tert-alkyl or cyclic N) is 2. The van der Waals surface area contributed by atoms with Crippen LogP contribution in [0.25, 0.3) is 0 Å². The summed E-state index contributed by atoms with van der Waals surface area (Å²) in [5.74, 6) is 0.343. The van der Waals surface area contributed by atoms with E-state index < -0.39 is 12.2 Å². The van der Waals surface area contributed by atoms with Crippen molar-refractivity contribution in [3.05, 3.63) is 66.0 Å². The molecule has 29 heavy (non-hydrogen) atoms. The average molecular weight is 403 g/mol. The molecule has 0 bridgehead atoms. The number of halogens is 1. The number of benzene rings is 2. The highest BCUT2D eigenvalue weighted by atomic mass is 19.1. The van der Waals surface area contributed by atoms with Crippen molar-refractivity contribution >= 4 is 0 Å². The normalized spacial score (nSPS) is 18.9. The molecule has 3 rings (SSSR count). The van der Waals surface area contributed by atoms with E-state index in [1.54, 1.807) is 12.1 Å². The van der Waals surface area contributed by atoms with Crippen LogP contribution >= 0.6 is 0 Å². The van der Waals surface area contributed by atoms with Crippen LogP contribution < -0.4 is 4.74 Å². The zero-order chi connectivity index (χ0) is 20.6. The predicted octanol–water partition coefficient (Wildman–Crippen LogP) is 2.35. The van der Waals surface area contributed by atoms with Crippen molar-refractivity contribution in [1.29, 1.82) is 0 Å². The Morgan fingerprint density at radius 2 is 1.48 bits per heavy atom. The van der Waals surface area contributed by atoms with Gasteiger partial charge in [0.15, 0.2) is 0 Å². The highest BCUT2D eigenvalue weighted by molar-refractivity contribution is 5.22. The fourth-order valence-electron chi connectivity index (χ4n) is 3.63. The first-order chi connectivity index (χ1) is 14.0. The van der Waals surface area contributed by atoms with Gasteiger partial charge in [-0.2, -0.15) is 0 Å². The van der Waals surface area contributed by atoms with Crippen molar-refractivity contribution < 1.29 is 19.3 Å². The lowest BCUT2D eigenvalue weighted by atomic mass is 9.95. The number of nitrogens with zero attached hydrogens (tertiary/aromatic N) is 2. The Morgan fingerprint density at radius 3 is 2.10 bits per heavy atom. The summed E-state index contributed by atoms with van der Waals surface area (Å²) in [6, 6.07) is 15.9. The van der Waals surface area contributed by atoms with Gasteiger partial charge in [0, 0.05) is 45.2 Å². The minimum Gasteiger partial charge on any atom is -0.491 e. The highest BCUT2D eigenvalue weighted by Crippen LogP contribution is 2.20. The van der Waals surface area contributed by atoms with E-state index in [2.05, 4.69) is 28.9 Å². The van der Waals surface area contributed by atoms with E-state index in [4.69, 9.17) is 4.74 Å². The molecule has 2 aromatic rings. The van der Waals surface area contributed by atoms with Gasteiger partial charge >= 0.3 is 0 Å². The van der Waals surface area contributed by atoms with Gasteiger partial charge in [0.2, 0.25) is 0 Å². The number of aliphatic hydroxyl groups is 2. The molecule has 0 aliphatic carbocycles. The summed E-state index contributed by atoms with van der Waals surface area (Å²) in [5, 5.41) is 20.8. The fraction of sp³-hybridized carbons (Fsp3) is 0.478. The summed E-state index contributed by atoms with van der Waals surface area (Å²) < 4.78 is 18.4. The molecule has 0 amide bonds. The number of hydrogen-bond acceptors (Lipinski definition) is 5. The highest BCUT2D eigenvalue weighted by Gasteiger charge is 2.24. The first-order valence-electron chi connectivity index (χ1n) is 10.3. The Balaban J connectivity index is 1.36. The van der Waals surface area contributed by atoms with Gasteiger partial charge in [0.1, 0.15) is 24.3 Å². The van der Waals surface area contributed by atoms with Crippen molar-refractivity contribution in [2.45, 2.75) is 25.0 Å². The van der Waals surface area contributed by atoms with E-state index in [0.29, 0.717) is 18.8 Å². The van der Waals surface area contributed by atoms with Crippen molar-refractivity contribution in [3.8, 4) is 5.75 Å². The van der Waals surface area contributed by atoms with Crippen molar-refractivity contribution in [2.24, 2.45) is 0 Å². The van der Waals surface area contributed by atoms with E-state index in [0.717, 1.165) is 31.7 Å². The van der Waals surface area contributed by atoms with Gasteiger partial charge in [-0.1, -0.05) is 37.3 Å². The first-order valence-corrected chi connectivity index (χ1v) is 10.3. The van der Waals surface area contributed by atoms with Crippen LogP contribution in [0.4, 0.5) is 4.39 Å². The maximum absolute atomic E-state index is 12.9. The minimum absolute atomic E-state index is 0.0969. The lowest BCUT2D eigenvalue weighted by Gasteiger charge is -2.37. The Bertz CT molecular complexity index is 721. The van der Waals surface area contributed by atoms with Gasteiger partial charge in [-0.15, -0.1) is 0 Å². The number of rotatable bonds is 9. The molecule has 0 saturated carbocycles. The zero-order valence-corrected chi connectivity index (χ0v) is 17.0. The van der Waals surface area contributed by atoms with Crippen LogP contribution in [0.1, 0.15) is 18.4 Å². The molecule has 3 unspecified atom stereocenters. The molecular weight excluding hydrogens is 371 g/mol. The molecule has 6 heteroatoms. The van der Waals surface area contributed by atoms with Crippen LogP contribution in [0.5, 0.6) is 5.75 Å². The SMILES string of the molecule is CC(c1ccccc1)C(O)CN1CCN(CC(O)COc2ccc(F)cc2)CC1. The van der Waals surface area contributed by atoms with Crippen molar-refractivity contribution in [2.75, 3.05) is 45.9 Å². The standard InChI is InChI=1S/C23H31FN2O3/c1-18(19-5-3-2-4-6-19)23(28)16-26-13-11-25(12-14-26)15-21(27)17-29-22-9-7-20(24)8-10-22/h2-10,18,21,23,27-28H,11-17H2,1H3. The summed E-state index contributed by atoms with van der Waals surface area (Å²) in [6.07, 6.45) is -1.01. The van der Waals surface area contributed by atoms with Gasteiger partial charge in [-0.3, -0.25) is 9.80 Å². The molecule has 1 saturated heterocycles. The second-order valence-electron chi connectivity index (χ2n) is 7.79. The van der Waals surface area contributed by atoms with Crippen LogP contribution in [0.3, 0.4) is 0 Å². The Kier molecular flexibility index (Phi) is 8.00. The van der Waals surface area contributed by atoms with Crippen LogP contribution in [0.15, 0.2) is 54.6 Å². The summed E-state index contributed by atoms with van der Waals surface area (Å²) in [5.41, 5.74) is 1.16. The number of ether oxygens (including phenoxy) is 1. The third-order valence-electron chi connectivity index (χ3n) is 5.54. The summed E-state index contributed by atoms with van der Waals surface area (Å²) in [6.45, 7) is 6.86. The zero-order valence-electron chi connectivity index (χ0n) is 17.0. The summed E-state index contributed by atoms with van der Waals surface area (Å²) in [4.78, 5) is 4.49. The quantitative estimate of drug-likeness (QED) is 0.674. The molecule has 1 fully saturated rings. The lowest BCUT2D eigenvalue weighted by Crippen LogP contribution is -2.51. The third kappa shape index (κ3) is 6.78. The molecule has 0 radical (unpaired) electrons. The molecule has 2 N–H and O–H groups in total. The fourth-order valence-corrected chi connectivity index (χ4v) is 3.63. The van der Waals surface area contributed by atoms with Crippen LogP contribution in [-0.4, -0.2) is 78.1 Å². The minimum atomic E-state index is -0.602. The van der Waals surface area contributed by atoms with E-state index in [-0.39, 0.29) is 18.3 Å². The maximum atomic E-state index is 12.9. The largest absolute Gasteiger partial charge is 0.491 e. The van der Waals surface area contributed by atoms with Crippen LogP contribution in [0.2, 0.25) is 0 Å². The maximum Gasteiger partial charge on any atom is 0.123 e. The van der Waals surface area contributed by atoms with Gasteiger partial charge < -0.3 is 14.9 Å². The molecule has 1 heterocycles. The molecular formula is C23H31FN2O3. The van der Waals surface area contributed by atoms with E-state index in [1.165, 1.54) is 12.1 Å². The van der Waals surface area contributed by atoms with Gasteiger partial charge in [-0.05, 0) is 29.8 Å². The summed E-state index contributed by atoms with van der Waals surface area (Å²) >= 11 is 0. The smallest absolute Gasteiger partial charge is 0.123 e. The molecule has 0 spiro atoms. The first kappa shape index (κ1) is 21.7. The summed E-state index contributed by atoms with van der Waals surface area (Å²) in [7, 11) is 0. The molecule has 5 nitrogen and oxygen atoms in total. The van der Waals surface area contributed by atoms with Gasteiger partial charge in [0.25, 0.3) is 0 Å². The molecule has 1 aliphatic rings. The second-order valence-corrected chi connectivity index (χ2v) is 7.79. The topological polar surface area (TPSA) is 56.2 Å². The van der Waals surface area contributed by atoms with Gasteiger partial charge in [-0.25, -0.2) is 4.39 Å². The van der Waals surface area contributed by atoms with E-state index >= 15 is 0 Å². The molecule has 158 valence electrons. The van der Waals surface area contributed by atoms with E-state index in [1.807, 2.05) is 18.2 Å². The molecule has 0 aromatic heterocycles. The third-order valence-corrected chi connectivity index (χ3v) is 5.54. The monoisotopic (exact) mass is 402 g/mol. The van der Waals surface area contributed by atoms with E-state index in [9.17, 15) is 14.6 Å². The molecule has 2 aromatic carbocycles.